The fourth-order valence-electron chi connectivity index (χ4n) is 3.47. The monoisotopic (exact) mass is 286 g/mol. The van der Waals surface area contributed by atoms with Crippen LogP contribution >= 0.6 is 0 Å². The van der Waals surface area contributed by atoms with Gasteiger partial charge >= 0.3 is 5.97 Å². The number of carbonyl (C=O) groups is 2. The Morgan fingerprint density at radius 2 is 2.05 bits per heavy atom. The van der Waals surface area contributed by atoms with Gasteiger partial charge in [0.15, 0.2) is 0 Å². The number of methoxy groups -OCH3 is 2. The van der Waals surface area contributed by atoms with Crippen molar-refractivity contribution < 1.29 is 19.1 Å². The molecule has 1 atom stereocenters. The molecule has 0 amide bonds. The van der Waals surface area contributed by atoms with Crippen LogP contribution in [0.15, 0.2) is 23.8 Å². The van der Waals surface area contributed by atoms with E-state index >= 15 is 0 Å². The Hall–Kier alpha value is -2.10. The van der Waals surface area contributed by atoms with Crippen molar-refractivity contribution in [3.05, 3.63) is 34.9 Å². The van der Waals surface area contributed by atoms with E-state index in [2.05, 4.69) is 0 Å². The second-order valence-electron chi connectivity index (χ2n) is 5.80. The van der Waals surface area contributed by atoms with E-state index in [1.807, 2.05) is 25.1 Å². The maximum absolute atomic E-state index is 12.4. The zero-order chi connectivity index (χ0) is 15.2. The zero-order valence-electron chi connectivity index (χ0n) is 12.5. The lowest BCUT2D eigenvalue weighted by atomic mass is 9.69. The first-order valence-corrected chi connectivity index (χ1v) is 7.04. The summed E-state index contributed by atoms with van der Waals surface area (Å²) in [7, 11) is 2.99. The smallest absolute Gasteiger partial charge is 0.334 e. The normalized spacial score (nSPS) is 23.7. The number of aryl methyl sites for hydroxylation is 1. The summed E-state index contributed by atoms with van der Waals surface area (Å²) in [6, 6.07) is 5.80. The number of carbonyl (C=O) groups excluding carboxylic acids is 2. The van der Waals surface area contributed by atoms with Crippen molar-refractivity contribution in [1.82, 2.24) is 0 Å². The number of allylic oxidation sites excluding steroid dienone is 1. The lowest BCUT2D eigenvalue weighted by Crippen LogP contribution is -2.29. The van der Waals surface area contributed by atoms with Crippen LogP contribution in [0, 0.1) is 5.41 Å². The number of benzene rings is 1. The van der Waals surface area contributed by atoms with E-state index in [0.29, 0.717) is 5.57 Å². The second kappa shape index (κ2) is 4.72. The Labute approximate surface area is 123 Å². The van der Waals surface area contributed by atoms with Gasteiger partial charge in [-0.05, 0) is 48.6 Å². The molecule has 1 aromatic rings. The van der Waals surface area contributed by atoms with E-state index in [1.54, 1.807) is 7.11 Å². The maximum atomic E-state index is 12.4. The van der Waals surface area contributed by atoms with Crippen LogP contribution < -0.4 is 4.74 Å². The summed E-state index contributed by atoms with van der Waals surface area (Å²) in [6.07, 6.45) is 1.71. The van der Waals surface area contributed by atoms with Crippen molar-refractivity contribution in [2.24, 2.45) is 5.41 Å². The van der Waals surface area contributed by atoms with Crippen molar-refractivity contribution in [3.8, 4) is 5.75 Å². The Morgan fingerprint density at radius 1 is 1.29 bits per heavy atom. The number of rotatable bonds is 2. The lowest BCUT2D eigenvalue weighted by molar-refractivity contribution is -0.136. The van der Waals surface area contributed by atoms with Crippen molar-refractivity contribution in [2.75, 3.05) is 14.2 Å². The average Bonchev–Trinajstić information content (AvgIpc) is 2.78. The number of Topliss-reactive ketones (excluding diaryl/α,β-unsaturated/α-hetero) is 1. The fourth-order valence-corrected chi connectivity index (χ4v) is 3.47. The molecule has 0 heterocycles. The van der Waals surface area contributed by atoms with Crippen LogP contribution in [0.25, 0.3) is 5.57 Å². The standard InChI is InChI=1S/C17H18O4/c1-17-7-6-10-8-11(20-2)4-5-12(10)15(17)13(9-14(17)18)16(19)21-3/h4-5,8H,6-7,9H2,1-3H3. The van der Waals surface area contributed by atoms with Crippen LogP contribution in [-0.4, -0.2) is 26.0 Å². The molecule has 0 spiro atoms. The molecule has 110 valence electrons. The molecule has 0 saturated carbocycles. The Balaban J connectivity index is 2.22. The number of hydrogen-bond donors (Lipinski definition) is 0. The zero-order valence-corrected chi connectivity index (χ0v) is 12.5. The fraction of sp³-hybridized carbons (Fsp3) is 0.412. The van der Waals surface area contributed by atoms with Crippen molar-refractivity contribution in [3.63, 3.8) is 0 Å². The van der Waals surface area contributed by atoms with E-state index in [4.69, 9.17) is 9.47 Å². The van der Waals surface area contributed by atoms with Crippen LogP contribution in [0.2, 0.25) is 0 Å². The van der Waals surface area contributed by atoms with E-state index in [1.165, 1.54) is 7.11 Å². The third-order valence-electron chi connectivity index (χ3n) is 4.71. The molecule has 0 aliphatic heterocycles. The molecule has 4 heteroatoms. The molecule has 3 rings (SSSR count). The van der Waals surface area contributed by atoms with Gasteiger partial charge in [0, 0.05) is 12.0 Å². The third-order valence-corrected chi connectivity index (χ3v) is 4.71. The molecule has 0 fully saturated rings. The largest absolute Gasteiger partial charge is 0.497 e. The number of ether oxygens (including phenoxy) is 2. The van der Waals surface area contributed by atoms with Gasteiger partial charge in [0.1, 0.15) is 11.5 Å². The van der Waals surface area contributed by atoms with Crippen LogP contribution in [0.3, 0.4) is 0 Å². The summed E-state index contributed by atoms with van der Waals surface area (Å²) in [5, 5.41) is 0. The van der Waals surface area contributed by atoms with Crippen LogP contribution in [0.5, 0.6) is 5.75 Å². The molecule has 1 unspecified atom stereocenters. The maximum Gasteiger partial charge on any atom is 0.334 e. The third kappa shape index (κ3) is 1.89. The van der Waals surface area contributed by atoms with E-state index in [-0.39, 0.29) is 12.2 Å². The highest BCUT2D eigenvalue weighted by atomic mass is 16.5. The number of ketones is 1. The van der Waals surface area contributed by atoms with Gasteiger partial charge in [-0.25, -0.2) is 4.79 Å². The molecule has 2 aliphatic rings. The van der Waals surface area contributed by atoms with E-state index < -0.39 is 11.4 Å². The van der Waals surface area contributed by atoms with Gasteiger partial charge < -0.3 is 9.47 Å². The predicted molar refractivity (Wildman–Crippen MR) is 78.0 cm³/mol. The number of esters is 1. The highest BCUT2D eigenvalue weighted by molar-refractivity contribution is 6.15. The molecular formula is C17H18O4. The van der Waals surface area contributed by atoms with Crippen LogP contribution in [0.4, 0.5) is 0 Å². The molecule has 0 saturated heterocycles. The first-order valence-electron chi connectivity index (χ1n) is 7.04. The van der Waals surface area contributed by atoms with Crippen LogP contribution in [-0.2, 0) is 20.7 Å². The summed E-state index contributed by atoms with van der Waals surface area (Å²) in [6.45, 7) is 1.94. The van der Waals surface area contributed by atoms with Gasteiger partial charge in [0.25, 0.3) is 0 Å². The van der Waals surface area contributed by atoms with Crippen molar-refractivity contribution in [2.45, 2.75) is 26.2 Å². The van der Waals surface area contributed by atoms with Crippen molar-refractivity contribution >= 4 is 17.3 Å². The van der Waals surface area contributed by atoms with E-state index in [0.717, 1.165) is 35.3 Å². The molecular weight excluding hydrogens is 268 g/mol. The molecule has 21 heavy (non-hydrogen) atoms. The molecule has 0 N–H and O–H groups in total. The van der Waals surface area contributed by atoms with Gasteiger partial charge in [-0.3, -0.25) is 4.79 Å². The van der Waals surface area contributed by atoms with E-state index in [9.17, 15) is 9.59 Å². The molecule has 1 aromatic carbocycles. The first-order chi connectivity index (χ1) is 10.0. The summed E-state index contributed by atoms with van der Waals surface area (Å²) < 4.78 is 10.1. The number of fused-ring (bicyclic) bond motifs is 3. The quantitative estimate of drug-likeness (QED) is 0.784. The highest BCUT2D eigenvalue weighted by Gasteiger charge is 2.49. The Bertz CT molecular complexity index is 671. The molecule has 0 bridgehead atoms. The highest BCUT2D eigenvalue weighted by Crippen LogP contribution is 2.53. The first kappa shape index (κ1) is 13.9. The molecule has 2 aliphatic carbocycles. The summed E-state index contributed by atoms with van der Waals surface area (Å²) in [5.41, 5.74) is 2.90. The topological polar surface area (TPSA) is 52.6 Å². The van der Waals surface area contributed by atoms with Gasteiger partial charge in [0.2, 0.25) is 0 Å². The van der Waals surface area contributed by atoms with Crippen LogP contribution in [0.1, 0.15) is 30.9 Å². The predicted octanol–water partition coefficient (Wildman–Crippen LogP) is 2.55. The average molecular weight is 286 g/mol. The van der Waals surface area contributed by atoms with Gasteiger partial charge in [-0.15, -0.1) is 0 Å². The number of hydrogen-bond acceptors (Lipinski definition) is 4. The molecule has 0 radical (unpaired) electrons. The lowest BCUT2D eigenvalue weighted by Gasteiger charge is -2.33. The minimum atomic E-state index is -0.564. The minimum Gasteiger partial charge on any atom is -0.497 e. The summed E-state index contributed by atoms with van der Waals surface area (Å²) in [5.74, 6) is 0.506. The summed E-state index contributed by atoms with van der Waals surface area (Å²) >= 11 is 0. The molecule has 4 nitrogen and oxygen atoms in total. The Morgan fingerprint density at radius 3 is 2.71 bits per heavy atom. The Kier molecular flexibility index (Phi) is 3.12. The van der Waals surface area contributed by atoms with Gasteiger partial charge in [-0.1, -0.05) is 6.07 Å². The second-order valence-corrected chi connectivity index (χ2v) is 5.80. The SMILES string of the molecule is COC(=O)C1=C2c3ccc(OC)cc3CCC2(C)C(=O)C1. The molecule has 0 aromatic heterocycles. The van der Waals surface area contributed by atoms with Gasteiger partial charge in [-0.2, -0.15) is 0 Å². The summed E-state index contributed by atoms with van der Waals surface area (Å²) in [4.78, 5) is 24.5. The minimum absolute atomic E-state index is 0.111. The van der Waals surface area contributed by atoms with Gasteiger partial charge in [0.05, 0.1) is 19.6 Å². The van der Waals surface area contributed by atoms with Crippen molar-refractivity contribution in [1.29, 1.82) is 0 Å².